The van der Waals surface area contributed by atoms with Crippen molar-refractivity contribution in [3.8, 4) is 16.9 Å². The Hall–Kier alpha value is -4.04. The van der Waals surface area contributed by atoms with E-state index in [-0.39, 0.29) is 49.1 Å². The minimum absolute atomic E-state index is 0.0194. The Kier molecular flexibility index (Phi) is 13.9. The molecule has 0 unspecified atom stereocenters. The Morgan fingerprint density at radius 3 is 2.40 bits per heavy atom. The number of carbonyl (C=O) groups is 2. The van der Waals surface area contributed by atoms with Crippen LogP contribution < -0.4 is 20.3 Å². The lowest BCUT2D eigenvalue weighted by Gasteiger charge is -2.62. The van der Waals surface area contributed by atoms with E-state index in [4.69, 9.17) is 9.57 Å². The van der Waals surface area contributed by atoms with Crippen molar-refractivity contribution in [3.05, 3.63) is 83.4 Å². The highest BCUT2D eigenvalue weighted by Gasteiger charge is 2.57. The monoisotopic (exact) mass is 799 g/mol. The normalized spacial score (nSPS) is 26.1. The number of hydrogen-bond acceptors (Lipinski definition) is 10. The van der Waals surface area contributed by atoms with Gasteiger partial charge in [0.05, 0.1) is 33.0 Å². The van der Waals surface area contributed by atoms with Crippen LogP contribution in [0.2, 0.25) is 0 Å². The van der Waals surface area contributed by atoms with Crippen LogP contribution in [0.4, 0.5) is 5.69 Å². The van der Waals surface area contributed by atoms with Gasteiger partial charge in [-0.3, -0.25) is 14.4 Å². The highest BCUT2D eigenvalue weighted by atomic mass is 16.7. The second kappa shape index (κ2) is 18.5. The summed E-state index contributed by atoms with van der Waals surface area (Å²) in [5.74, 6) is 0.853. The van der Waals surface area contributed by atoms with Crippen molar-refractivity contribution in [2.24, 2.45) is 29.1 Å². The smallest absolute Gasteiger partial charge is 0.251 e. The number of hydroxylamine groups is 2. The summed E-state index contributed by atoms with van der Waals surface area (Å²) >= 11 is 0. The highest BCUT2D eigenvalue weighted by molar-refractivity contribution is 5.97. The first-order valence-corrected chi connectivity index (χ1v) is 20.8. The molecule has 4 fully saturated rings. The SMILES string of the molecule is COc1c(CN2O[C@@H](CO)[C@@H]([C@H](C)O)[C@H]2C(=O)N[C@H]2C[C@H]3C[C@@H]([C@@H]2C)C3(C)C)cccc1-c1cc(C(=O)N[C@@H](Cc2ccccc2)CN(C)C)cc(N(C)CCO)c1. The number of anilines is 1. The average Bonchev–Trinajstić information content (AvgIpc) is 3.57. The van der Waals surface area contributed by atoms with Gasteiger partial charge in [0.2, 0.25) is 5.91 Å². The van der Waals surface area contributed by atoms with E-state index in [0.29, 0.717) is 48.6 Å². The number of benzene rings is 3. The summed E-state index contributed by atoms with van der Waals surface area (Å²) in [4.78, 5) is 38.7. The topological polar surface area (TPSA) is 147 Å². The molecule has 2 bridgehead atoms. The lowest BCUT2D eigenvalue weighted by atomic mass is 9.45. The predicted molar refractivity (Wildman–Crippen MR) is 226 cm³/mol. The number of nitrogens with zero attached hydrogens (tertiary/aromatic N) is 3. The second-order valence-corrected chi connectivity index (χ2v) is 17.8. The van der Waals surface area contributed by atoms with E-state index in [0.717, 1.165) is 34.4 Å². The first-order chi connectivity index (χ1) is 27.7. The molecule has 12 nitrogen and oxygen atoms in total. The lowest BCUT2D eigenvalue weighted by Crippen LogP contribution is -2.62. The van der Waals surface area contributed by atoms with Gasteiger partial charge in [0, 0.05) is 60.5 Å². The number of hydrogen-bond donors (Lipinski definition) is 5. The zero-order chi connectivity index (χ0) is 41.9. The van der Waals surface area contributed by atoms with E-state index < -0.39 is 24.2 Å². The van der Waals surface area contributed by atoms with Crippen molar-refractivity contribution >= 4 is 17.5 Å². The second-order valence-electron chi connectivity index (χ2n) is 17.8. The molecule has 1 aliphatic heterocycles. The summed E-state index contributed by atoms with van der Waals surface area (Å²) in [6.45, 7) is 9.27. The third kappa shape index (κ3) is 9.22. The molecule has 9 atom stereocenters. The van der Waals surface area contributed by atoms with E-state index in [9.17, 15) is 24.9 Å². The summed E-state index contributed by atoms with van der Waals surface area (Å²) in [7, 11) is 7.44. The maximum absolute atomic E-state index is 14.3. The molecule has 1 saturated heterocycles. The van der Waals surface area contributed by atoms with Gasteiger partial charge in [-0.25, -0.2) is 0 Å². The molecule has 316 valence electrons. The molecule has 58 heavy (non-hydrogen) atoms. The number of fused-ring (bicyclic) bond motifs is 2. The molecule has 3 aromatic carbocycles. The van der Waals surface area contributed by atoms with Gasteiger partial charge in [-0.2, -0.15) is 5.06 Å². The van der Waals surface area contributed by atoms with Crippen LogP contribution in [0.5, 0.6) is 5.75 Å². The lowest BCUT2D eigenvalue weighted by molar-refractivity contribution is -0.183. The van der Waals surface area contributed by atoms with Crippen LogP contribution in [0.3, 0.4) is 0 Å². The molecule has 3 saturated carbocycles. The molecule has 3 aromatic rings. The number of para-hydroxylation sites is 1. The zero-order valence-electron chi connectivity index (χ0n) is 35.5. The molecule has 0 radical (unpaired) electrons. The molecule has 7 rings (SSSR count). The summed E-state index contributed by atoms with van der Waals surface area (Å²) < 4.78 is 6.12. The van der Waals surface area contributed by atoms with Gasteiger partial charge >= 0.3 is 0 Å². The Morgan fingerprint density at radius 2 is 1.78 bits per heavy atom. The van der Waals surface area contributed by atoms with Crippen LogP contribution in [0.1, 0.15) is 62.0 Å². The molecule has 2 amide bonds. The fourth-order valence-corrected chi connectivity index (χ4v) is 10.00. The number of likely N-dealkylation sites (N-methyl/N-ethyl adjacent to an activating group) is 2. The highest BCUT2D eigenvalue weighted by Crippen LogP contribution is 2.61. The van der Waals surface area contributed by atoms with Gasteiger partial charge < -0.3 is 40.5 Å². The van der Waals surface area contributed by atoms with Crippen LogP contribution in [0.25, 0.3) is 11.1 Å². The average molecular weight is 800 g/mol. The van der Waals surface area contributed by atoms with Gasteiger partial charge in [0.25, 0.3) is 5.91 Å². The van der Waals surface area contributed by atoms with E-state index in [1.165, 1.54) is 6.42 Å². The third-order valence-corrected chi connectivity index (χ3v) is 13.3. The van der Waals surface area contributed by atoms with E-state index >= 15 is 0 Å². The van der Waals surface area contributed by atoms with E-state index in [2.05, 4.69) is 48.4 Å². The maximum Gasteiger partial charge on any atom is 0.251 e. The number of aliphatic hydroxyl groups excluding tert-OH is 3. The first-order valence-electron chi connectivity index (χ1n) is 20.8. The van der Waals surface area contributed by atoms with Crippen LogP contribution in [0, 0.1) is 29.1 Å². The van der Waals surface area contributed by atoms with Crippen molar-refractivity contribution in [2.45, 2.75) is 83.8 Å². The molecule has 3 aliphatic carbocycles. The largest absolute Gasteiger partial charge is 0.496 e. The number of carbonyl (C=O) groups excluding carboxylic acids is 2. The fourth-order valence-electron chi connectivity index (χ4n) is 10.00. The van der Waals surface area contributed by atoms with E-state index in [1.54, 1.807) is 19.1 Å². The summed E-state index contributed by atoms with van der Waals surface area (Å²) in [6.07, 6.45) is 1.07. The number of aliphatic hydroxyl groups is 3. The zero-order valence-corrected chi connectivity index (χ0v) is 35.5. The summed E-state index contributed by atoms with van der Waals surface area (Å²) in [5.41, 5.74) is 4.80. The van der Waals surface area contributed by atoms with Crippen LogP contribution in [-0.2, 0) is 22.6 Å². The van der Waals surface area contributed by atoms with Crippen LogP contribution in [-0.4, -0.2) is 122 Å². The molecule has 1 heterocycles. The Balaban J connectivity index is 1.30. The Labute approximate surface area is 344 Å². The molecular weight excluding hydrogens is 735 g/mol. The standard InChI is InChI=1S/C46H65N5O7/c1-28-38-23-34(46(38,3)4)24-39(28)48-45(56)42-41(29(2)54)40(27-53)58-51(42)25-31-15-12-16-37(43(31)57-8)32-20-33(22-36(21-32)50(7)17-18-52)44(55)47-35(26-49(5)6)19-30-13-10-9-11-14-30/h9-16,20-22,28-29,34-35,38-42,52-54H,17-19,23-27H2,1-8H3,(H,47,55)(H,48,56)/t28-,29-,34+,35-,38-,39-,40-,41+,42-/m0/s1. The Bertz CT molecular complexity index is 1870. The maximum atomic E-state index is 14.3. The number of nitrogens with one attached hydrogen (secondary N) is 2. The molecule has 0 spiro atoms. The van der Waals surface area contributed by atoms with Crippen molar-refractivity contribution in [2.75, 3.05) is 59.5 Å². The fraction of sp³-hybridized carbons (Fsp3) is 0.565. The molecule has 5 N–H and O–H groups in total. The number of methoxy groups -OCH3 is 1. The van der Waals surface area contributed by atoms with Crippen LogP contribution in [0.15, 0.2) is 66.7 Å². The molecule has 4 aliphatic rings. The summed E-state index contributed by atoms with van der Waals surface area (Å²) in [5, 5.41) is 39.4. The van der Waals surface area contributed by atoms with Gasteiger partial charge in [-0.05, 0) is 92.8 Å². The molecular formula is C46H65N5O7. The van der Waals surface area contributed by atoms with Crippen molar-refractivity contribution in [3.63, 3.8) is 0 Å². The minimum Gasteiger partial charge on any atom is -0.496 e. The van der Waals surface area contributed by atoms with Gasteiger partial charge in [-0.1, -0.05) is 69.3 Å². The van der Waals surface area contributed by atoms with Crippen molar-refractivity contribution in [1.29, 1.82) is 0 Å². The van der Waals surface area contributed by atoms with Crippen LogP contribution >= 0.6 is 0 Å². The van der Waals surface area contributed by atoms with Gasteiger partial charge in [0.1, 0.15) is 17.9 Å². The minimum atomic E-state index is -0.921. The van der Waals surface area contributed by atoms with Gasteiger partial charge in [0.15, 0.2) is 0 Å². The number of amides is 2. The first kappa shape index (κ1) is 43.5. The third-order valence-electron chi connectivity index (χ3n) is 13.3. The quantitative estimate of drug-likeness (QED) is 0.134. The summed E-state index contributed by atoms with van der Waals surface area (Å²) in [6, 6.07) is 20.5. The number of rotatable bonds is 17. The molecule has 0 aromatic heterocycles. The number of ether oxygens (including phenoxy) is 1. The molecule has 12 heteroatoms. The van der Waals surface area contributed by atoms with Crippen molar-refractivity contribution < 1.29 is 34.5 Å². The van der Waals surface area contributed by atoms with Crippen molar-refractivity contribution in [1.82, 2.24) is 20.6 Å². The van der Waals surface area contributed by atoms with Gasteiger partial charge in [-0.15, -0.1) is 0 Å². The Morgan fingerprint density at radius 1 is 1.03 bits per heavy atom. The van der Waals surface area contributed by atoms with E-state index in [1.807, 2.05) is 80.6 Å². The predicted octanol–water partition coefficient (Wildman–Crippen LogP) is 4.35.